The number of hydrogen-bond acceptors (Lipinski definition) is 5. The summed E-state index contributed by atoms with van der Waals surface area (Å²) in [5, 5.41) is 15.0. The van der Waals surface area contributed by atoms with E-state index in [1.165, 1.54) is 0 Å². The molecule has 0 aliphatic carbocycles. The van der Waals surface area contributed by atoms with Gasteiger partial charge in [-0.2, -0.15) is 0 Å². The first-order valence-electron chi connectivity index (χ1n) is 3.37. The minimum Gasteiger partial charge on any atom is -0.480 e. The average Bonchev–Trinajstić information content (AvgIpc) is 1.83. The van der Waals surface area contributed by atoms with E-state index >= 15 is 0 Å². The molecule has 0 saturated carbocycles. The van der Waals surface area contributed by atoms with Gasteiger partial charge >= 0.3 is 5.97 Å². The molecule has 7 nitrogen and oxygen atoms in total. The Morgan fingerprint density at radius 2 is 1.92 bits per heavy atom. The second kappa shape index (κ2) is 7.92. The highest BCUT2D eigenvalue weighted by molar-refractivity contribution is 7.88. The summed E-state index contributed by atoms with van der Waals surface area (Å²) in [4.78, 5) is 9.77. The molecule has 0 radical (unpaired) electrons. The summed E-state index contributed by atoms with van der Waals surface area (Å²) in [7, 11) is -3.17. The van der Waals surface area contributed by atoms with E-state index in [1.54, 1.807) is 0 Å². The first-order valence-corrected chi connectivity index (χ1v) is 5.33. The van der Waals surface area contributed by atoms with Crippen LogP contribution < -0.4 is 16.2 Å². The number of rotatable bonds is 4. The van der Waals surface area contributed by atoms with Gasteiger partial charge in [0.25, 0.3) is 0 Å². The molecule has 0 bridgehead atoms. The molecule has 0 saturated heterocycles. The molecular weight excluding hydrogens is 198 g/mol. The first kappa shape index (κ1) is 14.8. The molecule has 8 heteroatoms. The summed E-state index contributed by atoms with van der Waals surface area (Å²) in [5.74, 6) is -0.849. The van der Waals surface area contributed by atoms with E-state index in [0.29, 0.717) is 13.1 Å². The fourth-order valence-corrected chi connectivity index (χ4v) is 0.297. The zero-order chi connectivity index (χ0) is 10.9. The maximum absolute atomic E-state index is 9.77. The zero-order valence-electron chi connectivity index (χ0n) is 7.36. The summed E-state index contributed by atoms with van der Waals surface area (Å²) < 4.78 is 18.8. The smallest absolute Gasteiger partial charge is 0.317 e. The van der Waals surface area contributed by atoms with Crippen LogP contribution in [0.4, 0.5) is 0 Å². The number of carboxylic acids is 1. The molecule has 0 atom stereocenters. The SMILES string of the molecule is CS(N)(=O)=O.NCCNCC(=O)O. The molecule has 6 N–H and O–H groups in total. The molecule has 0 aromatic carbocycles. The number of nitrogens with one attached hydrogen (secondary N) is 1. The van der Waals surface area contributed by atoms with Gasteiger partial charge in [0, 0.05) is 13.1 Å². The van der Waals surface area contributed by atoms with Gasteiger partial charge in [-0.15, -0.1) is 0 Å². The van der Waals surface area contributed by atoms with E-state index in [0.717, 1.165) is 6.26 Å². The van der Waals surface area contributed by atoms with E-state index in [2.05, 4.69) is 10.5 Å². The Labute approximate surface area is 77.2 Å². The number of sulfonamides is 1. The zero-order valence-corrected chi connectivity index (χ0v) is 8.17. The van der Waals surface area contributed by atoms with Gasteiger partial charge in [0.1, 0.15) is 0 Å². The predicted molar refractivity (Wildman–Crippen MR) is 48.6 cm³/mol. The Hall–Kier alpha value is -0.700. The summed E-state index contributed by atoms with van der Waals surface area (Å²) in [6.45, 7) is 1.04. The normalized spacial score (nSPS) is 10.1. The lowest BCUT2D eigenvalue weighted by atomic mass is 10.6. The lowest BCUT2D eigenvalue weighted by Crippen LogP contribution is -2.27. The summed E-state index contributed by atoms with van der Waals surface area (Å²) in [5.41, 5.74) is 5.06. The highest BCUT2D eigenvalue weighted by Gasteiger charge is 1.90. The Balaban J connectivity index is 0. The van der Waals surface area contributed by atoms with E-state index in [1.807, 2.05) is 0 Å². The maximum atomic E-state index is 9.77. The second-order valence-electron chi connectivity index (χ2n) is 2.19. The maximum Gasteiger partial charge on any atom is 0.317 e. The topological polar surface area (TPSA) is 136 Å². The number of primary sulfonamides is 1. The number of carbonyl (C=O) groups is 1. The van der Waals surface area contributed by atoms with Crippen molar-refractivity contribution in [2.24, 2.45) is 10.9 Å². The fraction of sp³-hybridized carbons (Fsp3) is 0.800. The molecule has 0 unspecified atom stereocenters. The molecule has 0 amide bonds. The van der Waals surface area contributed by atoms with Crippen LogP contribution in [0.3, 0.4) is 0 Å². The number of aliphatic carboxylic acids is 1. The van der Waals surface area contributed by atoms with Crippen LogP contribution in [0.5, 0.6) is 0 Å². The van der Waals surface area contributed by atoms with Crippen LogP contribution in [0.15, 0.2) is 0 Å². The molecule has 0 rings (SSSR count). The third-order valence-corrected chi connectivity index (χ3v) is 0.597. The number of hydrogen-bond donors (Lipinski definition) is 4. The van der Waals surface area contributed by atoms with Crippen molar-refractivity contribution < 1.29 is 18.3 Å². The van der Waals surface area contributed by atoms with E-state index in [9.17, 15) is 13.2 Å². The van der Waals surface area contributed by atoms with E-state index in [-0.39, 0.29) is 6.54 Å². The van der Waals surface area contributed by atoms with Gasteiger partial charge in [-0.05, 0) is 0 Å². The van der Waals surface area contributed by atoms with Crippen molar-refractivity contribution in [1.82, 2.24) is 5.32 Å². The molecule has 0 aliphatic heterocycles. The van der Waals surface area contributed by atoms with Gasteiger partial charge in [-0.3, -0.25) is 4.79 Å². The van der Waals surface area contributed by atoms with Crippen LogP contribution >= 0.6 is 0 Å². The van der Waals surface area contributed by atoms with Gasteiger partial charge in [0.05, 0.1) is 12.8 Å². The molecule has 0 aliphatic rings. The predicted octanol–water partition coefficient (Wildman–Crippen LogP) is -2.48. The molecule has 0 heterocycles. The third-order valence-electron chi connectivity index (χ3n) is 0.597. The third kappa shape index (κ3) is 52.9. The van der Waals surface area contributed by atoms with Crippen molar-refractivity contribution in [3.63, 3.8) is 0 Å². The van der Waals surface area contributed by atoms with Gasteiger partial charge in [0.15, 0.2) is 0 Å². The van der Waals surface area contributed by atoms with Gasteiger partial charge in [0.2, 0.25) is 10.0 Å². The van der Waals surface area contributed by atoms with Crippen molar-refractivity contribution >= 4 is 16.0 Å². The van der Waals surface area contributed by atoms with Crippen LogP contribution in [0.1, 0.15) is 0 Å². The van der Waals surface area contributed by atoms with E-state index < -0.39 is 16.0 Å². The molecule has 0 spiro atoms. The summed E-state index contributed by atoms with van der Waals surface area (Å²) >= 11 is 0. The Morgan fingerprint density at radius 3 is 2.15 bits per heavy atom. The summed E-state index contributed by atoms with van der Waals surface area (Å²) in [6.07, 6.45) is 0.938. The number of carboxylic acid groups (broad SMARTS) is 1. The van der Waals surface area contributed by atoms with Crippen molar-refractivity contribution in [2.45, 2.75) is 0 Å². The first-order chi connectivity index (χ1) is 5.77. The molecule has 0 aromatic rings. The Bertz CT molecular complexity index is 218. The van der Waals surface area contributed by atoms with Gasteiger partial charge in [-0.25, -0.2) is 13.6 Å². The van der Waals surface area contributed by atoms with Gasteiger partial charge in [-0.1, -0.05) is 0 Å². The van der Waals surface area contributed by atoms with Crippen molar-refractivity contribution in [1.29, 1.82) is 0 Å². The summed E-state index contributed by atoms with van der Waals surface area (Å²) in [6, 6.07) is 0. The van der Waals surface area contributed by atoms with Crippen molar-refractivity contribution in [3.8, 4) is 0 Å². The lowest BCUT2D eigenvalue weighted by Gasteiger charge is -1.94. The van der Waals surface area contributed by atoms with E-state index in [4.69, 9.17) is 10.8 Å². The van der Waals surface area contributed by atoms with Crippen LogP contribution in [0, 0.1) is 0 Å². The Morgan fingerprint density at radius 1 is 1.54 bits per heavy atom. The number of nitrogens with two attached hydrogens (primary N) is 2. The van der Waals surface area contributed by atoms with Crippen molar-refractivity contribution in [3.05, 3.63) is 0 Å². The van der Waals surface area contributed by atoms with Gasteiger partial charge < -0.3 is 16.2 Å². The molecule has 80 valence electrons. The van der Waals surface area contributed by atoms with Crippen LogP contribution in [0.2, 0.25) is 0 Å². The lowest BCUT2D eigenvalue weighted by molar-refractivity contribution is -0.135. The monoisotopic (exact) mass is 213 g/mol. The highest BCUT2D eigenvalue weighted by Crippen LogP contribution is 1.56. The second-order valence-corrected chi connectivity index (χ2v) is 3.85. The minimum absolute atomic E-state index is 0.00278. The van der Waals surface area contributed by atoms with Crippen LogP contribution in [-0.2, 0) is 14.8 Å². The fourth-order valence-electron chi connectivity index (χ4n) is 0.297. The molecule has 0 fully saturated rings. The van der Waals surface area contributed by atoms with Crippen LogP contribution in [-0.4, -0.2) is 45.4 Å². The quantitative estimate of drug-likeness (QED) is 0.382. The minimum atomic E-state index is -3.17. The standard InChI is InChI=1S/C4H10N2O2.CH5NO2S/c5-1-2-6-3-4(7)8;1-5(2,3)4/h6H,1-3,5H2,(H,7,8);1H3,(H2,2,3,4). The molecule has 0 aromatic heterocycles. The van der Waals surface area contributed by atoms with Crippen molar-refractivity contribution in [2.75, 3.05) is 25.9 Å². The Kier molecular flexibility index (Phi) is 9.02. The largest absolute Gasteiger partial charge is 0.480 e. The highest BCUT2D eigenvalue weighted by atomic mass is 32.2. The molecule has 13 heavy (non-hydrogen) atoms. The molecular formula is C5H15N3O4S. The van der Waals surface area contributed by atoms with Crippen LogP contribution in [0.25, 0.3) is 0 Å². The average molecular weight is 213 g/mol.